The smallest absolute Gasteiger partial charge is 0.310 e. The maximum atomic E-state index is 14.3. The summed E-state index contributed by atoms with van der Waals surface area (Å²) in [6, 6.07) is -0.517. The van der Waals surface area contributed by atoms with Gasteiger partial charge in [-0.1, -0.05) is 47.3 Å². The number of fused-ring (bicyclic) bond motifs is 1. The highest BCUT2D eigenvalue weighted by atomic mass is 79.9. The molecule has 35 heavy (non-hydrogen) atoms. The lowest BCUT2D eigenvalue weighted by atomic mass is 9.71. The van der Waals surface area contributed by atoms with E-state index in [4.69, 9.17) is 4.74 Å². The predicted molar refractivity (Wildman–Crippen MR) is 140 cm³/mol. The third kappa shape index (κ3) is 4.73. The summed E-state index contributed by atoms with van der Waals surface area (Å²) < 4.78 is 4.87. The minimum absolute atomic E-state index is 0.0177. The Morgan fingerprint density at radius 3 is 2.66 bits per heavy atom. The van der Waals surface area contributed by atoms with Gasteiger partial charge in [0.15, 0.2) is 0 Å². The van der Waals surface area contributed by atoms with Gasteiger partial charge in [0.1, 0.15) is 6.04 Å². The summed E-state index contributed by atoms with van der Waals surface area (Å²) >= 11 is 5.40. The summed E-state index contributed by atoms with van der Waals surface area (Å²) in [5, 5.41) is 9.42. The number of carbonyl (C=O) groups is 3. The quantitative estimate of drug-likeness (QED) is 0.178. The van der Waals surface area contributed by atoms with Crippen molar-refractivity contribution < 1.29 is 24.2 Å². The van der Waals surface area contributed by atoms with Gasteiger partial charge in [-0.25, -0.2) is 0 Å². The topological polar surface area (TPSA) is 87.2 Å². The lowest BCUT2D eigenvalue weighted by Gasteiger charge is -2.41. The van der Waals surface area contributed by atoms with Crippen LogP contribution in [0.1, 0.15) is 51.4 Å². The fraction of sp³-hybridized carbons (Fsp3) is 0.731. The number of carbonyl (C=O) groups excluding carboxylic acids is 3. The number of ether oxygens (including phenoxy) is 1. The van der Waals surface area contributed by atoms with Gasteiger partial charge in [-0.3, -0.25) is 14.4 Å². The highest BCUT2D eigenvalue weighted by molar-refractivity contribution is 9.09. The van der Waals surface area contributed by atoms with Crippen LogP contribution in [0.4, 0.5) is 0 Å². The van der Waals surface area contributed by atoms with Crippen LogP contribution in [0, 0.1) is 11.8 Å². The molecule has 0 radical (unpaired) electrons. The van der Waals surface area contributed by atoms with Crippen molar-refractivity contribution >= 4 is 45.5 Å². The van der Waals surface area contributed by atoms with Gasteiger partial charge in [-0.15, -0.1) is 24.9 Å². The van der Waals surface area contributed by atoms with Crippen molar-refractivity contribution in [1.82, 2.24) is 9.80 Å². The molecule has 3 heterocycles. The molecule has 2 bridgehead atoms. The Balaban J connectivity index is 1.69. The average Bonchev–Trinajstić information content (AvgIpc) is 3.44. The first-order valence-corrected chi connectivity index (χ1v) is 14.6. The van der Waals surface area contributed by atoms with Crippen molar-refractivity contribution in [3.05, 3.63) is 25.3 Å². The Hall–Kier alpha value is -1.32. The molecular formula is C26H37BrN2O5S. The molecule has 4 aliphatic rings. The number of alkyl halides is 1. The molecule has 0 aromatic carbocycles. The van der Waals surface area contributed by atoms with E-state index in [-0.39, 0.29) is 47.1 Å². The van der Waals surface area contributed by atoms with Gasteiger partial charge in [-0.05, 0) is 32.1 Å². The number of nitrogens with zero attached hydrogens (tertiary/aromatic N) is 2. The molecule has 7 nitrogen and oxygen atoms in total. The standard InChI is InChI=1S/C26H37BrN2O5S/c1-3-5-15-34-25(33)19-20-23(31)29(13-9-14-30)22(26(20)16-18(27)21(19)35-26)24(32)28(12-4-2)17-10-7-6-8-11-17/h3-4,17-22,30H,1-2,5-16H2/t18?,19-,20+,21-,22?,26?/m1/s1. The summed E-state index contributed by atoms with van der Waals surface area (Å²) in [6.45, 7) is 8.49. The van der Waals surface area contributed by atoms with Crippen molar-refractivity contribution in [2.75, 3.05) is 26.3 Å². The molecule has 6 atom stereocenters. The minimum Gasteiger partial charge on any atom is -0.465 e. The number of halogens is 1. The van der Waals surface area contributed by atoms with E-state index in [1.165, 1.54) is 6.42 Å². The van der Waals surface area contributed by atoms with Crippen molar-refractivity contribution in [2.45, 2.75) is 78.3 Å². The highest BCUT2D eigenvalue weighted by Gasteiger charge is 2.76. The highest BCUT2D eigenvalue weighted by Crippen LogP contribution is 2.68. The molecular weight excluding hydrogens is 532 g/mol. The second-order valence-corrected chi connectivity index (χ2v) is 12.8. The van der Waals surface area contributed by atoms with Crippen LogP contribution in [-0.2, 0) is 19.1 Å². The molecule has 0 aromatic heterocycles. The van der Waals surface area contributed by atoms with Crippen LogP contribution in [0.5, 0.6) is 0 Å². The Kier molecular flexibility index (Phi) is 8.69. The molecule has 1 aliphatic carbocycles. The molecule has 4 fully saturated rings. The molecule has 2 amide bonds. The second-order valence-electron chi connectivity index (χ2n) is 10.1. The number of rotatable bonds is 11. The van der Waals surface area contributed by atoms with Gasteiger partial charge in [0.2, 0.25) is 11.8 Å². The van der Waals surface area contributed by atoms with Crippen LogP contribution < -0.4 is 0 Å². The van der Waals surface area contributed by atoms with Crippen molar-refractivity contribution in [1.29, 1.82) is 0 Å². The fourth-order valence-corrected chi connectivity index (χ4v) is 10.2. The predicted octanol–water partition coefficient (Wildman–Crippen LogP) is 3.30. The lowest BCUT2D eigenvalue weighted by Crippen LogP contribution is -2.57. The van der Waals surface area contributed by atoms with Crippen LogP contribution in [0.15, 0.2) is 25.3 Å². The van der Waals surface area contributed by atoms with Crippen LogP contribution in [0.3, 0.4) is 0 Å². The Morgan fingerprint density at radius 2 is 2.00 bits per heavy atom. The van der Waals surface area contributed by atoms with E-state index in [2.05, 4.69) is 29.1 Å². The van der Waals surface area contributed by atoms with Crippen LogP contribution in [-0.4, -0.2) is 85.9 Å². The van der Waals surface area contributed by atoms with Gasteiger partial charge in [0, 0.05) is 35.8 Å². The van der Waals surface area contributed by atoms with E-state index < -0.39 is 22.6 Å². The molecule has 194 valence electrons. The number of hydrogen-bond donors (Lipinski definition) is 1. The summed E-state index contributed by atoms with van der Waals surface area (Å²) in [5.41, 5.74) is 0. The molecule has 0 aromatic rings. The number of esters is 1. The third-order valence-electron chi connectivity index (χ3n) is 8.04. The SMILES string of the molecule is C=CCCOC(=O)[C@H]1[C@@H]2SC3(CC2Br)C(C(=O)N(CC=C)C2CCCCC2)N(CCCO)C(=O)[C@H]13. The number of hydrogen-bond acceptors (Lipinski definition) is 6. The monoisotopic (exact) mass is 568 g/mol. The normalized spacial score (nSPS) is 34.1. The maximum absolute atomic E-state index is 14.3. The van der Waals surface area contributed by atoms with Crippen LogP contribution in [0.25, 0.3) is 0 Å². The number of thioether (sulfide) groups is 1. The van der Waals surface area contributed by atoms with Gasteiger partial charge in [0.05, 0.1) is 23.2 Å². The first-order chi connectivity index (χ1) is 16.9. The maximum Gasteiger partial charge on any atom is 0.310 e. The van der Waals surface area contributed by atoms with Gasteiger partial charge < -0.3 is 19.6 Å². The first kappa shape index (κ1) is 26.7. The molecule has 4 rings (SSSR count). The summed E-state index contributed by atoms with van der Waals surface area (Å²) in [6.07, 6.45) is 10.3. The summed E-state index contributed by atoms with van der Waals surface area (Å²) in [5.74, 6) is -1.74. The molecule has 3 saturated heterocycles. The zero-order chi connectivity index (χ0) is 25.2. The lowest BCUT2D eigenvalue weighted by molar-refractivity contribution is -0.154. The van der Waals surface area contributed by atoms with E-state index in [9.17, 15) is 19.5 Å². The molecule has 3 unspecified atom stereocenters. The number of aliphatic hydroxyl groups is 1. The molecule has 1 N–H and O–H groups in total. The zero-order valence-corrected chi connectivity index (χ0v) is 22.7. The molecule has 3 aliphatic heterocycles. The molecule has 1 saturated carbocycles. The first-order valence-electron chi connectivity index (χ1n) is 12.8. The van der Waals surface area contributed by atoms with Crippen LogP contribution in [0.2, 0.25) is 0 Å². The minimum atomic E-state index is -0.682. The van der Waals surface area contributed by atoms with E-state index in [0.29, 0.717) is 32.4 Å². The van der Waals surface area contributed by atoms with Crippen molar-refractivity contribution in [3.63, 3.8) is 0 Å². The van der Waals surface area contributed by atoms with E-state index in [1.54, 1.807) is 28.8 Å². The van der Waals surface area contributed by atoms with Gasteiger partial charge in [-0.2, -0.15) is 0 Å². The van der Waals surface area contributed by atoms with Crippen LogP contribution >= 0.6 is 27.7 Å². The molecule has 1 spiro atoms. The summed E-state index contributed by atoms with van der Waals surface area (Å²) in [7, 11) is 0. The largest absolute Gasteiger partial charge is 0.465 e. The fourth-order valence-electron chi connectivity index (χ4n) is 6.61. The Labute approximate surface area is 220 Å². The average molecular weight is 570 g/mol. The van der Waals surface area contributed by atoms with Crippen molar-refractivity contribution in [3.8, 4) is 0 Å². The molecule has 9 heteroatoms. The number of amides is 2. The van der Waals surface area contributed by atoms with E-state index >= 15 is 0 Å². The summed E-state index contributed by atoms with van der Waals surface area (Å²) in [4.78, 5) is 45.1. The Bertz CT molecular complexity index is 850. The Morgan fingerprint density at radius 1 is 1.26 bits per heavy atom. The number of likely N-dealkylation sites (tertiary alicyclic amines) is 1. The second kappa shape index (κ2) is 11.4. The third-order valence-corrected chi connectivity index (χ3v) is 11.3. The van der Waals surface area contributed by atoms with Gasteiger partial charge >= 0.3 is 5.97 Å². The van der Waals surface area contributed by atoms with Gasteiger partial charge in [0.25, 0.3) is 0 Å². The van der Waals surface area contributed by atoms with E-state index in [0.717, 1.165) is 25.7 Å². The van der Waals surface area contributed by atoms with Crippen molar-refractivity contribution in [2.24, 2.45) is 11.8 Å². The zero-order valence-electron chi connectivity index (χ0n) is 20.3. The van der Waals surface area contributed by atoms with E-state index in [1.807, 2.05) is 4.90 Å². The number of aliphatic hydroxyl groups excluding tert-OH is 1.